The molecule has 1 aliphatic heterocycles. The molecule has 5 rings (SSSR count). The lowest BCUT2D eigenvalue weighted by Gasteiger charge is -2.37. The monoisotopic (exact) mass is 660 g/mol. The maximum atomic E-state index is 14.9. The van der Waals surface area contributed by atoms with E-state index in [4.69, 9.17) is 14.6 Å². The van der Waals surface area contributed by atoms with Gasteiger partial charge in [0.1, 0.15) is 28.9 Å². The van der Waals surface area contributed by atoms with Crippen molar-refractivity contribution in [1.82, 2.24) is 24.5 Å². The van der Waals surface area contributed by atoms with Crippen LogP contribution >= 0.6 is 0 Å². The number of amides is 2. The number of anilines is 1. The first-order valence-electron chi connectivity index (χ1n) is 16.1. The van der Waals surface area contributed by atoms with Crippen LogP contribution in [0.25, 0.3) is 16.6 Å². The van der Waals surface area contributed by atoms with E-state index in [1.165, 1.54) is 4.90 Å². The number of ether oxygens (including phenoxy) is 2. The third-order valence-corrected chi connectivity index (χ3v) is 8.36. The Bertz CT molecular complexity index is 1890. The fourth-order valence-corrected chi connectivity index (χ4v) is 6.10. The van der Waals surface area contributed by atoms with Gasteiger partial charge in [-0.1, -0.05) is 0 Å². The highest BCUT2D eigenvalue weighted by atomic mass is 19.1. The molecular formula is C36H45FN6O5. The number of Topliss-reactive ketones (excluding diaryl/α,β-unsaturated/α-hetero) is 1. The van der Waals surface area contributed by atoms with Crippen LogP contribution in [0.1, 0.15) is 94.2 Å². The minimum atomic E-state index is -1.08. The SMILES string of the molecule is Cc1cc(-n2nc3c(c2N(C(=O)OC(C)(C)C)C(C)C(=O)c2ccc4c(cnn4C)c2)[C@H](C)N(C(=O)OC(C)(C)C)CC3)cc(C)c1F. The molecule has 2 aromatic carbocycles. The Labute approximate surface area is 280 Å². The third-order valence-electron chi connectivity index (χ3n) is 8.36. The van der Waals surface area contributed by atoms with Crippen molar-refractivity contribution in [3.05, 3.63) is 70.3 Å². The number of carbonyl (C=O) groups is 3. The first-order chi connectivity index (χ1) is 22.3. The van der Waals surface area contributed by atoms with Crippen molar-refractivity contribution < 1.29 is 28.2 Å². The molecule has 0 saturated heterocycles. The van der Waals surface area contributed by atoms with Crippen LogP contribution < -0.4 is 4.90 Å². The van der Waals surface area contributed by atoms with Crippen molar-refractivity contribution in [2.75, 3.05) is 11.4 Å². The predicted molar refractivity (Wildman–Crippen MR) is 181 cm³/mol. The van der Waals surface area contributed by atoms with Crippen molar-refractivity contribution in [1.29, 1.82) is 0 Å². The molecule has 3 heterocycles. The van der Waals surface area contributed by atoms with Crippen molar-refractivity contribution in [3.8, 4) is 5.69 Å². The van der Waals surface area contributed by atoms with Gasteiger partial charge in [-0.2, -0.15) is 10.2 Å². The smallest absolute Gasteiger partial charge is 0.416 e. The standard InChI is InChI=1S/C36H45FN6O5/c1-20-16-26(17-21(2)30(20)37)43-32(29-22(3)41(15-14-27(29)39-43)33(45)47-35(5,6)7)42(34(46)48-36(8,9)10)23(4)31(44)24-12-13-28-25(18-24)19-38-40(28)11/h12-13,16-19,22-23H,14-15H2,1-11H3/t22-,23?/m0/s1. The lowest BCUT2D eigenvalue weighted by Crippen LogP contribution is -2.48. The zero-order valence-corrected chi connectivity index (χ0v) is 29.6. The zero-order valence-electron chi connectivity index (χ0n) is 29.6. The molecule has 48 heavy (non-hydrogen) atoms. The molecular weight excluding hydrogens is 615 g/mol. The zero-order chi connectivity index (χ0) is 35.5. The lowest BCUT2D eigenvalue weighted by molar-refractivity contribution is 0.0159. The van der Waals surface area contributed by atoms with E-state index in [1.807, 2.05) is 20.0 Å². The first kappa shape index (κ1) is 34.6. The summed E-state index contributed by atoms with van der Waals surface area (Å²) in [6.45, 7) is 17.8. The van der Waals surface area contributed by atoms with Crippen molar-refractivity contribution in [2.24, 2.45) is 7.05 Å². The van der Waals surface area contributed by atoms with Gasteiger partial charge < -0.3 is 14.4 Å². The Morgan fingerprint density at radius 3 is 2.23 bits per heavy atom. The molecule has 256 valence electrons. The molecule has 11 nitrogen and oxygen atoms in total. The maximum Gasteiger partial charge on any atom is 0.416 e. The summed E-state index contributed by atoms with van der Waals surface area (Å²) in [5.41, 5.74) is 2.10. The fourth-order valence-electron chi connectivity index (χ4n) is 6.10. The van der Waals surface area contributed by atoms with Gasteiger partial charge in [-0.15, -0.1) is 0 Å². The molecule has 2 atom stereocenters. The number of aryl methyl sites for hydroxylation is 3. The number of aromatic nitrogens is 4. The number of rotatable bonds is 5. The van der Waals surface area contributed by atoms with Gasteiger partial charge in [0.2, 0.25) is 0 Å². The van der Waals surface area contributed by atoms with Crippen LogP contribution in [0.4, 0.5) is 19.8 Å². The number of fused-ring (bicyclic) bond motifs is 2. The third kappa shape index (κ3) is 6.65. The van der Waals surface area contributed by atoms with E-state index < -0.39 is 35.5 Å². The number of halogens is 1. The molecule has 0 saturated carbocycles. The van der Waals surface area contributed by atoms with Gasteiger partial charge in [0.25, 0.3) is 0 Å². The Morgan fingerprint density at radius 2 is 1.62 bits per heavy atom. The summed E-state index contributed by atoms with van der Waals surface area (Å²) in [7, 11) is 1.82. The Morgan fingerprint density at radius 1 is 1.00 bits per heavy atom. The molecule has 0 radical (unpaired) electrons. The van der Waals surface area contributed by atoms with Crippen LogP contribution in [0.15, 0.2) is 36.5 Å². The minimum Gasteiger partial charge on any atom is -0.444 e. The van der Waals surface area contributed by atoms with E-state index in [-0.39, 0.29) is 17.4 Å². The largest absolute Gasteiger partial charge is 0.444 e. The molecule has 12 heteroatoms. The lowest BCUT2D eigenvalue weighted by atomic mass is 9.97. The Kier molecular flexibility index (Phi) is 8.91. The molecule has 0 aliphatic carbocycles. The molecule has 2 amide bonds. The second kappa shape index (κ2) is 12.4. The number of hydrogen-bond donors (Lipinski definition) is 0. The summed E-state index contributed by atoms with van der Waals surface area (Å²) in [4.78, 5) is 45.0. The summed E-state index contributed by atoms with van der Waals surface area (Å²) in [5.74, 6) is -0.430. The van der Waals surface area contributed by atoms with Gasteiger partial charge in [0.15, 0.2) is 5.78 Å². The van der Waals surface area contributed by atoms with Crippen LogP contribution in [-0.4, -0.2) is 66.2 Å². The van der Waals surface area contributed by atoms with Crippen LogP contribution in [0.3, 0.4) is 0 Å². The van der Waals surface area contributed by atoms with Crippen molar-refractivity contribution in [2.45, 2.75) is 98.9 Å². The quantitative estimate of drug-likeness (QED) is 0.205. The molecule has 4 aromatic rings. The summed E-state index contributed by atoms with van der Waals surface area (Å²) in [6.07, 6.45) is 0.762. The van der Waals surface area contributed by atoms with E-state index in [0.717, 1.165) is 10.9 Å². The minimum absolute atomic E-state index is 0.258. The Hall–Kier alpha value is -4.74. The van der Waals surface area contributed by atoms with Gasteiger partial charge in [-0.05, 0) is 111 Å². The summed E-state index contributed by atoms with van der Waals surface area (Å²) >= 11 is 0. The van der Waals surface area contributed by atoms with Crippen LogP contribution in [0.5, 0.6) is 0 Å². The fraction of sp³-hybridized carbons (Fsp3) is 0.472. The van der Waals surface area contributed by atoms with Gasteiger partial charge >= 0.3 is 12.2 Å². The van der Waals surface area contributed by atoms with E-state index >= 15 is 0 Å². The highest BCUT2D eigenvalue weighted by Crippen LogP contribution is 2.41. The number of nitrogens with zero attached hydrogens (tertiary/aromatic N) is 6. The highest BCUT2D eigenvalue weighted by molar-refractivity contribution is 6.08. The Balaban J connectivity index is 1.73. The van der Waals surface area contributed by atoms with E-state index in [2.05, 4.69) is 5.10 Å². The average Bonchev–Trinajstić information content (AvgIpc) is 3.54. The molecule has 0 N–H and O–H groups in total. The number of carbonyl (C=O) groups excluding carboxylic acids is 3. The molecule has 1 aliphatic rings. The molecule has 0 bridgehead atoms. The number of ketones is 1. The molecule has 0 fully saturated rings. The van der Waals surface area contributed by atoms with Gasteiger partial charge in [-0.3, -0.25) is 14.4 Å². The van der Waals surface area contributed by atoms with E-state index in [1.54, 1.807) is 107 Å². The maximum absolute atomic E-state index is 14.9. The van der Waals surface area contributed by atoms with Crippen LogP contribution in [0, 0.1) is 19.7 Å². The predicted octanol–water partition coefficient (Wildman–Crippen LogP) is 7.38. The molecule has 1 unspecified atom stereocenters. The van der Waals surface area contributed by atoms with E-state index in [9.17, 15) is 18.8 Å². The number of hydrogen-bond acceptors (Lipinski definition) is 7. The van der Waals surface area contributed by atoms with E-state index in [0.29, 0.717) is 46.6 Å². The van der Waals surface area contributed by atoms with Gasteiger partial charge in [0, 0.05) is 36.5 Å². The summed E-state index contributed by atoms with van der Waals surface area (Å²) in [5, 5.41) is 10.0. The van der Waals surface area contributed by atoms with Crippen LogP contribution in [0.2, 0.25) is 0 Å². The second-order valence-corrected chi connectivity index (χ2v) is 14.5. The molecule has 2 aromatic heterocycles. The topological polar surface area (TPSA) is 112 Å². The summed E-state index contributed by atoms with van der Waals surface area (Å²) < 4.78 is 29.8. The van der Waals surface area contributed by atoms with Gasteiger partial charge in [-0.25, -0.2) is 18.7 Å². The van der Waals surface area contributed by atoms with Gasteiger partial charge in [0.05, 0.1) is 29.1 Å². The first-order valence-corrected chi connectivity index (χ1v) is 16.1. The second-order valence-electron chi connectivity index (χ2n) is 14.5. The normalized spacial score (nSPS) is 15.7. The van der Waals surface area contributed by atoms with Crippen molar-refractivity contribution in [3.63, 3.8) is 0 Å². The number of benzene rings is 2. The van der Waals surface area contributed by atoms with Crippen LogP contribution in [-0.2, 0) is 22.9 Å². The molecule has 0 spiro atoms. The summed E-state index contributed by atoms with van der Waals surface area (Å²) in [6, 6.07) is 6.89. The highest BCUT2D eigenvalue weighted by Gasteiger charge is 2.42. The van der Waals surface area contributed by atoms with Crippen molar-refractivity contribution >= 4 is 34.7 Å². The average molecular weight is 661 g/mol.